The van der Waals surface area contributed by atoms with Gasteiger partial charge in [0.25, 0.3) is 0 Å². The van der Waals surface area contributed by atoms with E-state index in [1.54, 1.807) is 0 Å². The van der Waals surface area contributed by atoms with Gasteiger partial charge in [-0.3, -0.25) is 0 Å². The second-order valence-corrected chi connectivity index (χ2v) is 19.1. The molecule has 0 saturated carbocycles. The molecular formula is C66H37N3O4. The molecule has 0 spiro atoms. The predicted molar refractivity (Wildman–Crippen MR) is 300 cm³/mol. The highest BCUT2D eigenvalue weighted by atomic mass is 16.3. The summed E-state index contributed by atoms with van der Waals surface area (Å²) < 4.78 is 30.6. The summed E-state index contributed by atoms with van der Waals surface area (Å²) in [5.74, 6) is 0. The fourth-order valence-electron chi connectivity index (χ4n) is 12.3. The van der Waals surface area contributed by atoms with E-state index in [-0.39, 0.29) is 0 Å². The second-order valence-electron chi connectivity index (χ2n) is 19.1. The number of furan rings is 4. The first-order chi connectivity index (χ1) is 36.2. The van der Waals surface area contributed by atoms with E-state index in [1.807, 2.05) is 24.3 Å². The third-order valence-electron chi connectivity index (χ3n) is 15.3. The summed E-state index contributed by atoms with van der Waals surface area (Å²) in [5.41, 5.74) is 15.4. The summed E-state index contributed by atoms with van der Waals surface area (Å²) in [5, 5.41) is 12.6. The van der Waals surface area contributed by atoms with Crippen LogP contribution in [0, 0.1) is 0 Å². The van der Waals surface area contributed by atoms with E-state index in [9.17, 15) is 0 Å². The number of fused-ring (bicyclic) bond motifs is 20. The quantitative estimate of drug-likeness (QED) is 0.166. The Morgan fingerprint density at radius 1 is 0.247 bits per heavy atom. The summed E-state index contributed by atoms with van der Waals surface area (Å²) >= 11 is 0. The first kappa shape index (κ1) is 38.8. The van der Waals surface area contributed by atoms with Crippen molar-refractivity contribution in [3.05, 3.63) is 224 Å². The molecule has 0 bridgehead atoms. The van der Waals surface area contributed by atoms with Crippen LogP contribution in [0.4, 0.5) is 34.1 Å². The Bertz CT molecular complexity index is 4800. The van der Waals surface area contributed by atoms with Gasteiger partial charge in [-0.1, -0.05) is 152 Å². The number of anilines is 6. The van der Waals surface area contributed by atoms with Crippen LogP contribution >= 0.6 is 0 Å². The van der Waals surface area contributed by atoms with Crippen molar-refractivity contribution in [3.8, 4) is 0 Å². The molecule has 0 fully saturated rings. The maximum Gasteiger partial charge on any atom is 0.160 e. The third kappa shape index (κ3) is 5.16. The fourth-order valence-corrected chi connectivity index (χ4v) is 12.3. The van der Waals surface area contributed by atoms with E-state index >= 15 is 0 Å². The standard InChI is InChI=1S/C66H37N3O4/c1-3-18-38(19-4-1)67(50-30-16-26-44-40-22-7-11-32-54(40)70-63(44)50)52-36-48-42-24-9-13-34-56(42)72-65(48)61-58(52)46-28-15-29-47-59-53(37-49-43-25-10-14-35-57(43)73-66(49)62(59)69(61)60(46)47)68(39-20-5-2-6-21-39)51-31-17-27-45-41-23-8-12-33-55(41)71-64(45)51/h1-37H. The summed E-state index contributed by atoms with van der Waals surface area (Å²) in [6, 6.07) is 79.0. The molecule has 0 atom stereocenters. The van der Waals surface area contributed by atoms with E-state index in [0.29, 0.717) is 0 Å². The van der Waals surface area contributed by atoms with Gasteiger partial charge in [-0.2, -0.15) is 0 Å². The van der Waals surface area contributed by atoms with Gasteiger partial charge < -0.3 is 31.9 Å². The minimum atomic E-state index is 0.798. The molecule has 11 aromatic carbocycles. The molecule has 340 valence electrons. The summed E-state index contributed by atoms with van der Waals surface area (Å²) in [6.07, 6.45) is 0. The fraction of sp³-hybridized carbons (Fsp3) is 0. The molecule has 0 unspecified atom stereocenters. The first-order valence-corrected chi connectivity index (χ1v) is 24.7. The number of benzene rings is 11. The van der Waals surface area contributed by atoms with Gasteiger partial charge in [0.2, 0.25) is 0 Å². The van der Waals surface area contributed by atoms with Crippen LogP contribution in [0.5, 0.6) is 0 Å². The second kappa shape index (κ2) is 14.3. The van der Waals surface area contributed by atoms with E-state index in [0.717, 1.165) is 160 Å². The molecule has 6 heterocycles. The van der Waals surface area contributed by atoms with E-state index in [2.05, 4.69) is 214 Å². The Balaban J connectivity index is 1.08. The van der Waals surface area contributed by atoms with Crippen molar-refractivity contribution < 1.29 is 17.7 Å². The zero-order valence-electron chi connectivity index (χ0n) is 38.8. The average molecular weight is 936 g/mol. The smallest absolute Gasteiger partial charge is 0.160 e. The third-order valence-corrected chi connectivity index (χ3v) is 15.3. The van der Waals surface area contributed by atoms with E-state index in [1.165, 1.54) is 0 Å². The van der Waals surface area contributed by atoms with Crippen LogP contribution in [0.3, 0.4) is 0 Å². The molecule has 73 heavy (non-hydrogen) atoms. The van der Waals surface area contributed by atoms with Crippen LogP contribution in [0.15, 0.2) is 242 Å². The maximum atomic E-state index is 7.19. The molecule has 0 aliphatic carbocycles. The van der Waals surface area contributed by atoms with Crippen LogP contribution in [-0.4, -0.2) is 4.40 Å². The zero-order chi connectivity index (χ0) is 47.5. The predicted octanol–water partition coefficient (Wildman–Crippen LogP) is 19.4. The minimum absolute atomic E-state index is 0.798. The van der Waals surface area contributed by atoms with Crippen LogP contribution in [-0.2, 0) is 0 Å². The van der Waals surface area contributed by atoms with Crippen molar-refractivity contribution >= 4 is 160 Å². The maximum absolute atomic E-state index is 7.19. The van der Waals surface area contributed by atoms with Crippen LogP contribution < -0.4 is 9.80 Å². The van der Waals surface area contributed by atoms with Crippen LogP contribution in [0.1, 0.15) is 0 Å². The number of nitrogens with zero attached hydrogens (tertiary/aromatic N) is 3. The molecule has 0 aliphatic heterocycles. The molecule has 0 radical (unpaired) electrons. The normalized spacial score (nSPS) is 12.4. The number of rotatable bonds is 6. The highest BCUT2D eigenvalue weighted by Gasteiger charge is 2.33. The Labute approximate surface area is 414 Å². The van der Waals surface area contributed by atoms with Gasteiger partial charge in [-0.25, -0.2) is 0 Å². The molecule has 17 aromatic rings. The average Bonchev–Trinajstić information content (AvgIpc) is 4.34. The lowest BCUT2D eigenvalue weighted by Gasteiger charge is -2.27. The zero-order valence-corrected chi connectivity index (χ0v) is 38.8. The molecule has 7 nitrogen and oxygen atoms in total. The van der Waals surface area contributed by atoms with Gasteiger partial charge in [0.15, 0.2) is 22.3 Å². The van der Waals surface area contributed by atoms with Gasteiger partial charge >= 0.3 is 0 Å². The minimum Gasteiger partial charge on any atom is -0.454 e. The molecule has 0 saturated heterocycles. The van der Waals surface area contributed by atoms with Gasteiger partial charge in [0.1, 0.15) is 33.4 Å². The SMILES string of the molecule is c1ccc(N(c2cccc3c2oc2ccccc23)c2cc3c4ccccc4oc3c3c2c2cccc4c5c(N(c6ccccc6)c6cccc7c6oc6ccccc67)cc6c7ccccc7oc6c5n3c24)cc1. The molecule has 0 amide bonds. The van der Waals surface area contributed by atoms with Crippen LogP contribution in [0.25, 0.3) is 126 Å². The lowest BCUT2D eigenvalue weighted by molar-refractivity contribution is 0.668. The number of aromatic nitrogens is 1. The Kier molecular flexibility index (Phi) is 7.61. The molecule has 6 aromatic heterocycles. The van der Waals surface area contributed by atoms with Crippen molar-refractivity contribution in [2.75, 3.05) is 9.80 Å². The lowest BCUT2D eigenvalue weighted by atomic mass is 10.0. The van der Waals surface area contributed by atoms with E-state index < -0.39 is 0 Å². The first-order valence-electron chi connectivity index (χ1n) is 24.7. The monoisotopic (exact) mass is 935 g/mol. The molecular weight excluding hydrogens is 899 g/mol. The van der Waals surface area contributed by atoms with Gasteiger partial charge in [-0.05, 0) is 72.8 Å². The Morgan fingerprint density at radius 2 is 0.575 bits per heavy atom. The highest BCUT2D eigenvalue weighted by Crippen LogP contribution is 2.55. The van der Waals surface area contributed by atoms with Crippen molar-refractivity contribution in [2.45, 2.75) is 0 Å². The number of hydrogen-bond donors (Lipinski definition) is 0. The van der Waals surface area contributed by atoms with Gasteiger partial charge in [0.05, 0.1) is 28.3 Å². The Hall–Kier alpha value is -9.98. The number of hydrogen-bond acceptors (Lipinski definition) is 6. The molecule has 0 aliphatic rings. The van der Waals surface area contributed by atoms with E-state index in [4.69, 9.17) is 17.7 Å². The Morgan fingerprint density at radius 3 is 1.00 bits per heavy atom. The lowest BCUT2D eigenvalue weighted by Crippen LogP contribution is -2.11. The van der Waals surface area contributed by atoms with Crippen molar-refractivity contribution in [2.24, 2.45) is 0 Å². The van der Waals surface area contributed by atoms with Crippen molar-refractivity contribution in [3.63, 3.8) is 0 Å². The topological polar surface area (TPSA) is 63.5 Å². The van der Waals surface area contributed by atoms with Crippen LogP contribution in [0.2, 0.25) is 0 Å². The number of para-hydroxylation sites is 9. The van der Waals surface area contributed by atoms with Gasteiger partial charge in [-0.15, -0.1) is 0 Å². The van der Waals surface area contributed by atoms with Crippen molar-refractivity contribution in [1.29, 1.82) is 0 Å². The summed E-state index contributed by atoms with van der Waals surface area (Å²) in [7, 11) is 0. The highest BCUT2D eigenvalue weighted by molar-refractivity contribution is 6.36. The summed E-state index contributed by atoms with van der Waals surface area (Å²) in [6.45, 7) is 0. The molecule has 7 heteroatoms. The van der Waals surface area contributed by atoms with Crippen molar-refractivity contribution in [1.82, 2.24) is 4.40 Å². The summed E-state index contributed by atoms with van der Waals surface area (Å²) in [4.78, 5) is 4.76. The largest absolute Gasteiger partial charge is 0.454 e. The molecule has 17 rings (SSSR count). The molecule has 0 N–H and O–H groups in total. The van der Waals surface area contributed by atoms with Gasteiger partial charge in [0, 0.05) is 76.0 Å².